The monoisotopic (exact) mass is 309 g/mol. The van der Waals surface area contributed by atoms with Crippen molar-refractivity contribution in [3.05, 3.63) is 63.4 Å². The third-order valence-corrected chi connectivity index (χ3v) is 6.34. The molecule has 1 N–H and O–H groups in total. The van der Waals surface area contributed by atoms with E-state index in [4.69, 9.17) is 0 Å². The van der Waals surface area contributed by atoms with Crippen LogP contribution in [0.25, 0.3) is 0 Å². The van der Waals surface area contributed by atoms with Gasteiger partial charge in [-0.2, -0.15) is 0 Å². The summed E-state index contributed by atoms with van der Waals surface area (Å²) in [5.74, 6) is 1.78. The van der Waals surface area contributed by atoms with Gasteiger partial charge in [0.05, 0.1) is 6.04 Å². The lowest BCUT2D eigenvalue weighted by Crippen LogP contribution is -2.29. The van der Waals surface area contributed by atoms with E-state index in [1.165, 1.54) is 33.7 Å². The van der Waals surface area contributed by atoms with Gasteiger partial charge in [0.25, 0.3) is 0 Å². The number of rotatable bonds is 2. The molecule has 2 aliphatic rings. The van der Waals surface area contributed by atoms with Crippen LogP contribution in [-0.4, -0.2) is 0 Å². The van der Waals surface area contributed by atoms with Crippen molar-refractivity contribution in [2.75, 3.05) is 5.32 Å². The third kappa shape index (κ3) is 2.04. The van der Waals surface area contributed by atoms with Gasteiger partial charge in [-0.25, -0.2) is 0 Å². The second-order valence-corrected chi connectivity index (χ2v) is 7.86. The van der Waals surface area contributed by atoms with E-state index >= 15 is 0 Å². The number of anilines is 1. The van der Waals surface area contributed by atoms with E-state index in [2.05, 4.69) is 67.9 Å². The minimum Gasteiger partial charge on any atom is -0.377 e. The molecular formula is C20H23NS. The number of allylic oxidation sites excluding steroid dienone is 2. The maximum absolute atomic E-state index is 3.93. The van der Waals surface area contributed by atoms with Crippen molar-refractivity contribution in [2.24, 2.45) is 5.92 Å². The molecule has 0 radical (unpaired) electrons. The lowest BCUT2D eigenvalue weighted by Gasteiger charge is -2.38. The van der Waals surface area contributed by atoms with Gasteiger partial charge >= 0.3 is 0 Å². The van der Waals surface area contributed by atoms with Crippen molar-refractivity contribution in [3.8, 4) is 0 Å². The molecule has 2 aromatic rings. The number of nitrogens with one attached hydrogen (secondary N) is 1. The van der Waals surface area contributed by atoms with E-state index in [-0.39, 0.29) is 0 Å². The molecule has 3 unspecified atom stereocenters. The van der Waals surface area contributed by atoms with Gasteiger partial charge in [-0.1, -0.05) is 44.2 Å². The molecule has 1 aliphatic heterocycles. The molecule has 0 fully saturated rings. The Bertz CT molecular complexity index is 725. The highest BCUT2D eigenvalue weighted by Gasteiger charge is 2.39. The predicted octanol–water partition coefficient (Wildman–Crippen LogP) is 6.01. The maximum Gasteiger partial charge on any atom is 0.0649 e. The quantitative estimate of drug-likeness (QED) is 0.670. The zero-order chi connectivity index (χ0) is 15.3. The number of fused-ring (bicyclic) bond motifs is 3. The molecule has 114 valence electrons. The molecule has 0 amide bonds. The van der Waals surface area contributed by atoms with Crippen molar-refractivity contribution in [2.45, 2.75) is 45.1 Å². The molecule has 22 heavy (non-hydrogen) atoms. The number of hydrogen-bond donors (Lipinski definition) is 1. The van der Waals surface area contributed by atoms with Gasteiger partial charge in [0.2, 0.25) is 0 Å². The molecule has 1 aromatic carbocycles. The van der Waals surface area contributed by atoms with Gasteiger partial charge < -0.3 is 5.32 Å². The number of para-hydroxylation sites is 1. The Hall–Kier alpha value is -1.54. The number of aryl methyl sites for hydroxylation is 1. The molecule has 1 aromatic heterocycles. The van der Waals surface area contributed by atoms with E-state index in [9.17, 15) is 0 Å². The molecule has 1 nitrogen and oxygen atoms in total. The molecule has 0 spiro atoms. The molecule has 0 bridgehead atoms. The molecule has 2 heterocycles. The van der Waals surface area contributed by atoms with Gasteiger partial charge in [0.15, 0.2) is 0 Å². The molecule has 2 heteroatoms. The van der Waals surface area contributed by atoms with Gasteiger partial charge in [0, 0.05) is 16.5 Å². The summed E-state index contributed by atoms with van der Waals surface area (Å²) in [6.45, 7) is 6.83. The second-order valence-electron chi connectivity index (χ2n) is 6.91. The summed E-state index contributed by atoms with van der Waals surface area (Å²) < 4.78 is 0. The Morgan fingerprint density at radius 1 is 1.23 bits per heavy atom. The minimum atomic E-state index is 0.451. The third-order valence-electron chi connectivity index (χ3n) is 5.24. The first-order valence-electron chi connectivity index (χ1n) is 8.27. The highest BCUT2D eigenvalue weighted by atomic mass is 32.1. The molecule has 0 saturated carbocycles. The fraction of sp³-hybridized carbons (Fsp3) is 0.400. The second kappa shape index (κ2) is 5.27. The van der Waals surface area contributed by atoms with E-state index in [1.54, 1.807) is 0 Å². The minimum absolute atomic E-state index is 0.451. The fourth-order valence-corrected chi connectivity index (χ4v) is 5.14. The van der Waals surface area contributed by atoms with Crippen LogP contribution in [0, 0.1) is 12.8 Å². The molecule has 3 atom stereocenters. The standard InChI is InChI=1S/C20H23NS/c1-12(2)14-6-4-8-16-15-7-5-9-17(15)19(21-18(14)16)20-13(3)10-11-22-20/h4-8,10-12,15,17,19,21H,9H2,1-3H3. The van der Waals surface area contributed by atoms with Gasteiger partial charge in [-0.15, -0.1) is 11.3 Å². The van der Waals surface area contributed by atoms with E-state index in [0.717, 1.165) is 0 Å². The first kappa shape index (κ1) is 14.1. The normalized spacial score (nSPS) is 25.9. The summed E-state index contributed by atoms with van der Waals surface area (Å²) >= 11 is 1.90. The van der Waals surface area contributed by atoms with Crippen molar-refractivity contribution in [3.63, 3.8) is 0 Å². The zero-order valence-electron chi connectivity index (χ0n) is 13.5. The summed E-state index contributed by atoms with van der Waals surface area (Å²) in [6, 6.07) is 9.54. The molecule has 0 saturated heterocycles. The molecule has 4 rings (SSSR count). The van der Waals surface area contributed by atoms with E-state index < -0.39 is 0 Å². The topological polar surface area (TPSA) is 12.0 Å². The molecular weight excluding hydrogens is 286 g/mol. The van der Waals surface area contributed by atoms with E-state index in [0.29, 0.717) is 23.8 Å². The van der Waals surface area contributed by atoms with E-state index in [1.807, 2.05) is 11.3 Å². The summed E-state index contributed by atoms with van der Waals surface area (Å²) in [4.78, 5) is 1.52. The van der Waals surface area contributed by atoms with Crippen LogP contribution >= 0.6 is 11.3 Å². The number of hydrogen-bond acceptors (Lipinski definition) is 2. The Kier molecular flexibility index (Phi) is 3.37. The Balaban J connectivity index is 1.85. The average molecular weight is 309 g/mol. The number of benzene rings is 1. The van der Waals surface area contributed by atoms with Crippen molar-refractivity contribution in [1.29, 1.82) is 0 Å². The Morgan fingerprint density at radius 2 is 2.09 bits per heavy atom. The summed E-state index contributed by atoms with van der Waals surface area (Å²) in [7, 11) is 0. The first-order valence-corrected chi connectivity index (χ1v) is 9.14. The van der Waals surface area contributed by atoms with Crippen LogP contribution in [0.15, 0.2) is 41.8 Å². The van der Waals surface area contributed by atoms with Crippen molar-refractivity contribution >= 4 is 17.0 Å². The van der Waals surface area contributed by atoms with Crippen LogP contribution in [0.2, 0.25) is 0 Å². The number of thiophene rings is 1. The predicted molar refractivity (Wildman–Crippen MR) is 95.9 cm³/mol. The highest BCUT2D eigenvalue weighted by Crippen LogP contribution is 2.52. The summed E-state index contributed by atoms with van der Waals surface area (Å²) in [6.07, 6.45) is 6.00. The van der Waals surface area contributed by atoms with Crippen LogP contribution in [0.3, 0.4) is 0 Å². The van der Waals surface area contributed by atoms with Crippen molar-refractivity contribution in [1.82, 2.24) is 0 Å². The van der Waals surface area contributed by atoms with Crippen molar-refractivity contribution < 1.29 is 0 Å². The van der Waals surface area contributed by atoms with Crippen LogP contribution < -0.4 is 5.32 Å². The highest BCUT2D eigenvalue weighted by molar-refractivity contribution is 7.10. The van der Waals surface area contributed by atoms with Crippen LogP contribution in [-0.2, 0) is 0 Å². The van der Waals surface area contributed by atoms with Gasteiger partial charge in [-0.3, -0.25) is 0 Å². The lowest BCUT2D eigenvalue weighted by atomic mass is 9.77. The molecule has 1 aliphatic carbocycles. The van der Waals surface area contributed by atoms with Crippen LogP contribution in [0.5, 0.6) is 0 Å². The van der Waals surface area contributed by atoms with Crippen LogP contribution in [0.4, 0.5) is 5.69 Å². The Labute approximate surface area is 137 Å². The largest absolute Gasteiger partial charge is 0.377 e. The average Bonchev–Trinajstić information content (AvgIpc) is 3.14. The zero-order valence-corrected chi connectivity index (χ0v) is 14.3. The van der Waals surface area contributed by atoms with Crippen LogP contribution in [0.1, 0.15) is 59.7 Å². The van der Waals surface area contributed by atoms with Gasteiger partial charge in [-0.05, 0) is 53.3 Å². The van der Waals surface area contributed by atoms with Gasteiger partial charge in [0.1, 0.15) is 0 Å². The summed E-state index contributed by atoms with van der Waals surface area (Å²) in [5.41, 5.74) is 5.77. The SMILES string of the molecule is Cc1ccsc1C1Nc2c(C(C)C)cccc2C2C=CCC21. The Morgan fingerprint density at radius 3 is 2.82 bits per heavy atom. The maximum atomic E-state index is 3.93. The first-order chi connectivity index (χ1) is 10.7. The lowest BCUT2D eigenvalue weighted by molar-refractivity contribution is 0.428. The summed E-state index contributed by atoms with van der Waals surface area (Å²) in [5, 5.41) is 6.16. The smallest absolute Gasteiger partial charge is 0.0649 e. The fourth-order valence-electron chi connectivity index (χ4n) is 4.09.